The highest BCUT2D eigenvalue weighted by molar-refractivity contribution is 7.10. The maximum absolute atomic E-state index is 13.6. The predicted molar refractivity (Wildman–Crippen MR) is 92.4 cm³/mol. The van der Waals surface area contributed by atoms with Crippen molar-refractivity contribution in [2.24, 2.45) is 0 Å². The number of rotatable bonds is 2. The van der Waals surface area contributed by atoms with Gasteiger partial charge in [0.2, 0.25) is 0 Å². The predicted octanol–water partition coefficient (Wildman–Crippen LogP) is 4.23. The summed E-state index contributed by atoms with van der Waals surface area (Å²) < 4.78 is 41.8. The van der Waals surface area contributed by atoms with E-state index >= 15 is 0 Å². The van der Waals surface area contributed by atoms with E-state index < -0.39 is 18.3 Å². The second-order valence-electron chi connectivity index (χ2n) is 6.71. The Morgan fingerprint density at radius 1 is 1.27 bits per heavy atom. The van der Waals surface area contributed by atoms with Crippen molar-refractivity contribution in [2.45, 2.75) is 43.9 Å². The van der Waals surface area contributed by atoms with Crippen molar-refractivity contribution in [3.05, 3.63) is 34.2 Å². The van der Waals surface area contributed by atoms with Crippen LogP contribution in [0.15, 0.2) is 23.7 Å². The minimum absolute atomic E-state index is 0.143. The molecule has 140 valence electrons. The number of fused-ring (bicyclic) bond motifs is 1. The summed E-state index contributed by atoms with van der Waals surface area (Å²) in [5.41, 5.74) is 0.224. The molecule has 0 spiro atoms. The number of hydrogen-bond acceptors (Lipinski definition) is 4. The topological polar surface area (TPSA) is 50.2 Å². The van der Waals surface area contributed by atoms with Crippen molar-refractivity contribution < 1.29 is 18.0 Å². The molecule has 1 fully saturated rings. The number of carbonyl (C=O) groups is 1. The normalized spacial score (nSPS) is 23.4. The number of piperidine rings is 1. The van der Waals surface area contributed by atoms with Gasteiger partial charge in [-0.25, -0.2) is 4.68 Å². The molecule has 4 rings (SSSR count). The van der Waals surface area contributed by atoms with Crippen LogP contribution in [0.5, 0.6) is 0 Å². The van der Waals surface area contributed by atoms with Gasteiger partial charge in [0.05, 0.1) is 12.2 Å². The average Bonchev–Trinajstić information content (AvgIpc) is 3.30. The zero-order chi connectivity index (χ0) is 18.3. The van der Waals surface area contributed by atoms with Gasteiger partial charge in [0.1, 0.15) is 11.4 Å². The molecule has 2 atom stereocenters. The lowest BCUT2D eigenvalue weighted by Gasteiger charge is -2.34. The average molecular weight is 384 g/mol. The number of likely N-dealkylation sites (tertiary alicyclic amines) is 1. The number of aromatic nitrogens is 2. The summed E-state index contributed by atoms with van der Waals surface area (Å²) >= 11 is 1.41. The fourth-order valence-corrected chi connectivity index (χ4v) is 4.45. The number of hydrogen-bond donors (Lipinski definition) is 1. The lowest BCUT2D eigenvalue weighted by atomic mass is 10.0. The van der Waals surface area contributed by atoms with E-state index in [-0.39, 0.29) is 23.7 Å². The molecule has 26 heavy (non-hydrogen) atoms. The molecule has 1 saturated heterocycles. The molecule has 0 saturated carbocycles. The molecule has 5 nitrogen and oxygen atoms in total. The summed E-state index contributed by atoms with van der Waals surface area (Å²) in [6, 6.07) is 1.40. The van der Waals surface area contributed by atoms with E-state index in [0.717, 1.165) is 28.8 Å². The van der Waals surface area contributed by atoms with Gasteiger partial charge in [0, 0.05) is 24.4 Å². The van der Waals surface area contributed by atoms with Crippen LogP contribution in [0, 0.1) is 0 Å². The first-order valence-corrected chi connectivity index (χ1v) is 9.56. The quantitative estimate of drug-likeness (QED) is 0.843. The second-order valence-corrected chi connectivity index (χ2v) is 7.69. The Kier molecular flexibility index (Phi) is 4.42. The highest BCUT2D eigenvalue weighted by atomic mass is 32.1. The van der Waals surface area contributed by atoms with Crippen molar-refractivity contribution in [2.75, 3.05) is 18.4 Å². The number of alkyl halides is 3. The monoisotopic (exact) mass is 384 g/mol. The van der Waals surface area contributed by atoms with Gasteiger partial charge < -0.3 is 10.2 Å². The van der Waals surface area contributed by atoms with E-state index in [0.29, 0.717) is 13.1 Å². The molecule has 4 heterocycles. The summed E-state index contributed by atoms with van der Waals surface area (Å²) in [4.78, 5) is 15.4. The van der Waals surface area contributed by atoms with Crippen LogP contribution < -0.4 is 5.32 Å². The number of nitrogens with one attached hydrogen (secondary N) is 1. The van der Waals surface area contributed by atoms with E-state index in [1.165, 1.54) is 17.5 Å². The van der Waals surface area contributed by atoms with Crippen LogP contribution in [0.25, 0.3) is 0 Å². The van der Waals surface area contributed by atoms with Crippen molar-refractivity contribution >= 4 is 23.1 Å². The number of thiophene rings is 1. The minimum atomic E-state index is -4.43. The number of nitrogens with zero attached hydrogens (tertiary/aromatic N) is 3. The molecule has 9 heteroatoms. The van der Waals surface area contributed by atoms with E-state index in [2.05, 4.69) is 10.4 Å². The summed E-state index contributed by atoms with van der Waals surface area (Å²) in [7, 11) is 0. The number of amides is 1. The van der Waals surface area contributed by atoms with Gasteiger partial charge in [0.25, 0.3) is 5.91 Å². The van der Waals surface area contributed by atoms with Gasteiger partial charge in [-0.15, -0.1) is 11.3 Å². The first-order chi connectivity index (χ1) is 12.4. The molecule has 0 unspecified atom stereocenters. The van der Waals surface area contributed by atoms with Gasteiger partial charge in [-0.3, -0.25) is 4.79 Å². The molecule has 1 amide bonds. The molecule has 2 aromatic heterocycles. The van der Waals surface area contributed by atoms with E-state index in [9.17, 15) is 18.0 Å². The van der Waals surface area contributed by atoms with Gasteiger partial charge in [0.15, 0.2) is 6.04 Å². The number of anilines is 1. The minimum Gasteiger partial charge on any atom is -0.362 e. The van der Waals surface area contributed by atoms with E-state index in [1.54, 1.807) is 4.90 Å². The molecule has 2 aliphatic heterocycles. The smallest absolute Gasteiger partial charge is 0.362 e. The van der Waals surface area contributed by atoms with Crippen LogP contribution in [-0.4, -0.2) is 39.9 Å². The van der Waals surface area contributed by atoms with Crippen LogP contribution in [0.4, 0.5) is 19.0 Å². The third kappa shape index (κ3) is 3.08. The SMILES string of the molecule is O=C(c1cnn2c1N[C@H](c1cccs1)C[C@H]2C(F)(F)F)N1CCCCC1. The molecule has 1 N–H and O–H groups in total. The first-order valence-electron chi connectivity index (χ1n) is 8.68. The van der Waals surface area contributed by atoms with Crippen molar-refractivity contribution in [3.63, 3.8) is 0 Å². The van der Waals surface area contributed by atoms with Crippen LogP contribution in [-0.2, 0) is 0 Å². The summed E-state index contributed by atoms with van der Waals surface area (Å²) in [5, 5.41) is 8.90. The highest BCUT2D eigenvalue weighted by Gasteiger charge is 2.47. The zero-order valence-corrected chi connectivity index (χ0v) is 14.8. The molecule has 0 bridgehead atoms. The fourth-order valence-electron chi connectivity index (χ4n) is 3.66. The highest BCUT2D eigenvalue weighted by Crippen LogP contribution is 2.45. The van der Waals surface area contributed by atoms with Crippen LogP contribution in [0.1, 0.15) is 53.0 Å². The maximum atomic E-state index is 13.6. The van der Waals surface area contributed by atoms with Crippen molar-refractivity contribution in [1.82, 2.24) is 14.7 Å². The zero-order valence-electron chi connectivity index (χ0n) is 14.0. The van der Waals surface area contributed by atoms with Crippen molar-refractivity contribution in [1.29, 1.82) is 0 Å². The Balaban J connectivity index is 1.70. The van der Waals surface area contributed by atoms with Crippen molar-refractivity contribution in [3.8, 4) is 0 Å². The van der Waals surface area contributed by atoms with Gasteiger partial charge in [-0.1, -0.05) is 6.07 Å². The molecule has 0 aromatic carbocycles. The molecule has 2 aromatic rings. The third-order valence-electron chi connectivity index (χ3n) is 5.00. The summed E-state index contributed by atoms with van der Waals surface area (Å²) in [6.45, 7) is 1.28. The lowest BCUT2D eigenvalue weighted by molar-refractivity contribution is -0.173. The van der Waals surface area contributed by atoms with Crippen LogP contribution in [0.3, 0.4) is 0 Å². The van der Waals surface area contributed by atoms with Gasteiger partial charge >= 0.3 is 6.18 Å². The third-order valence-corrected chi connectivity index (χ3v) is 5.98. The number of halogens is 3. The largest absolute Gasteiger partial charge is 0.410 e. The number of carbonyl (C=O) groups excluding carboxylic acids is 1. The molecular weight excluding hydrogens is 365 g/mol. The Hall–Kier alpha value is -2.03. The Morgan fingerprint density at radius 2 is 2.04 bits per heavy atom. The van der Waals surface area contributed by atoms with E-state index in [1.807, 2.05) is 17.5 Å². The lowest BCUT2D eigenvalue weighted by Crippen LogP contribution is -2.38. The first kappa shape index (κ1) is 17.4. The Morgan fingerprint density at radius 3 is 2.69 bits per heavy atom. The standard InChI is InChI=1S/C17H19F3N4OS/c18-17(19,20)14-9-12(13-5-4-8-26-13)22-15-11(10-21-24(14)15)16(25)23-6-2-1-3-7-23/h4-5,8,10,12,14,22H,1-3,6-7,9H2/t12-,14-/m0/s1. The second kappa shape index (κ2) is 6.61. The Bertz CT molecular complexity index is 781. The summed E-state index contributed by atoms with van der Waals surface area (Å²) in [5.74, 6) is -0.0706. The fraction of sp³-hybridized carbons (Fsp3) is 0.529. The molecular formula is C17H19F3N4OS. The van der Waals surface area contributed by atoms with Gasteiger partial charge in [-0.05, 0) is 30.7 Å². The molecule has 2 aliphatic rings. The summed E-state index contributed by atoms with van der Waals surface area (Å²) in [6.07, 6.45) is -0.378. The van der Waals surface area contributed by atoms with Crippen LogP contribution in [0.2, 0.25) is 0 Å². The molecule has 0 aliphatic carbocycles. The van der Waals surface area contributed by atoms with E-state index in [4.69, 9.17) is 0 Å². The van der Waals surface area contributed by atoms with Crippen LogP contribution >= 0.6 is 11.3 Å². The molecule has 0 radical (unpaired) electrons. The van der Waals surface area contributed by atoms with Gasteiger partial charge in [-0.2, -0.15) is 18.3 Å². The maximum Gasteiger partial charge on any atom is 0.410 e. The Labute approximate surface area is 152 Å².